The summed E-state index contributed by atoms with van der Waals surface area (Å²) in [6, 6.07) is -1.13. The van der Waals surface area contributed by atoms with Crippen LogP contribution in [0.25, 0.3) is 0 Å². The molecule has 1 saturated heterocycles. The summed E-state index contributed by atoms with van der Waals surface area (Å²) in [7, 11) is 0. The molecular formula is C10H9F6NO. The lowest BCUT2D eigenvalue weighted by Crippen LogP contribution is -2.70. The van der Waals surface area contributed by atoms with Crippen molar-refractivity contribution < 1.29 is 31.1 Å². The fourth-order valence-corrected chi connectivity index (χ4v) is 2.96. The first-order valence-electron chi connectivity index (χ1n) is 5.15. The van der Waals surface area contributed by atoms with Crippen molar-refractivity contribution in [3.8, 4) is 0 Å². The number of alkyl halides is 6. The van der Waals surface area contributed by atoms with Crippen molar-refractivity contribution in [2.45, 2.75) is 37.3 Å². The second kappa shape index (κ2) is 3.42. The number of carbonyl (C=O) groups excluding carboxylic acids is 1. The molecule has 1 amide bonds. The highest BCUT2D eigenvalue weighted by Gasteiger charge is 2.81. The Balaban J connectivity index is 2.66. The van der Waals surface area contributed by atoms with Gasteiger partial charge in [0.15, 0.2) is 0 Å². The van der Waals surface area contributed by atoms with Crippen LogP contribution in [-0.2, 0) is 4.79 Å². The number of hydrogen-bond donors (Lipinski definition) is 0. The summed E-state index contributed by atoms with van der Waals surface area (Å²) in [5.41, 5.74) is -4.08. The maximum absolute atomic E-state index is 13.0. The fraction of sp³-hybridized carbons (Fsp3) is 0.700. The number of fused-ring (bicyclic) bond motifs is 2. The van der Waals surface area contributed by atoms with E-state index in [1.807, 2.05) is 0 Å². The van der Waals surface area contributed by atoms with Gasteiger partial charge in [0.25, 0.3) is 0 Å². The van der Waals surface area contributed by atoms with Crippen LogP contribution in [0.2, 0.25) is 0 Å². The summed E-state index contributed by atoms with van der Waals surface area (Å²) >= 11 is 0. The molecule has 0 spiro atoms. The number of amides is 1. The number of nitrogens with zero attached hydrogens (tertiary/aromatic N) is 1. The van der Waals surface area contributed by atoms with Crippen LogP contribution in [-0.4, -0.2) is 34.7 Å². The van der Waals surface area contributed by atoms with Crippen molar-refractivity contribution in [3.05, 3.63) is 12.2 Å². The van der Waals surface area contributed by atoms with E-state index in [4.69, 9.17) is 0 Å². The third kappa shape index (κ3) is 1.34. The molecule has 102 valence electrons. The lowest BCUT2D eigenvalue weighted by Gasteiger charge is -2.45. The van der Waals surface area contributed by atoms with E-state index in [0.717, 1.165) is 13.0 Å². The molecule has 1 aliphatic carbocycles. The minimum atomic E-state index is -5.55. The summed E-state index contributed by atoms with van der Waals surface area (Å²) in [5, 5.41) is 0. The standard InChI is InChI=1S/C10H9F6NO/c1-5(18)17-7-3-2-6(4-7)8(17,9(11,12)13)10(14,15)16/h2-3,6-7H,4H2,1H3/t6-,7-/m1/s1. The molecule has 2 atom stereocenters. The van der Waals surface area contributed by atoms with E-state index in [9.17, 15) is 31.1 Å². The van der Waals surface area contributed by atoms with E-state index >= 15 is 0 Å². The minimum Gasteiger partial charge on any atom is -0.314 e. The summed E-state index contributed by atoms with van der Waals surface area (Å²) < 4.78 is 78.2. The van der Waals surface area contributed by atoms with Gasteiger partial charge < -0.3 is 4.90 Å². The Hall–Kier alpha value is -1.21. The van der Waals surface area contributed by atoms with Crippen molar-refractivity contribution in [2.24, 2.45) is 5.92 Å². The average molecular weight is 273 g/mol. The van der Waals surface area contributed by atoms with Gasteiger partial charge >= 0.3 is 12.4 Å². The van der Waals surface area contributed by atoms with Crippen LogP contribution in [0.3, 0.4) is 0 Å². The highest BCUT2D eigenvalue weighted by Crippen LogP contribution is 2.60. The second-order valence-corrected chi connectivity index (χ2v) is 4.45. The van der Waals surface area contributed by atoms with Gasteiger partial charge in [-0.25, -0.2) is 0 Å². The molecule has 0 radical (unpaired) electrons. The van der Waals surface area contributed by atoms with Gasteiger partial charge in [-0.2, -0.15) is 26.3 Å². The zero-order valence-electron chi connectivity index (χ0n) is 9.14. The van der Waals surface area contributed by atoms with E-state index in [1.54, 1.807) is 0 Å². The smallest absolute Gasteiger partial charge is 0.314 e. The Labute approximate surface area is 98.2 Å². The monoisotopic (exact) mass is 273 g/mol. The number of hydrogen-bond acceptors (Lipinski definition) is 1. The molecule has 0 aromatic rings. The molecule has 2 nitrogen and oxygen atoms in total. The summed E-state index contributed by atoms with van der Waals surface area (Å²) in [4.78, 5) is 11.2. The van der Waals surface area contributed by atoms with Gasteiger partial charge in [0.2, 0.25) is 11.4 Å². The Morgan fingerprint density at radius 1 is 1.17 bits per heavy atom. The van der Waals surface area contributed by atoms with Gasteiger partial charge in [0.1, 0.15) is 0 Å². The van der Waals surface area contributed by atoms with Crippen molar-refractivity contribution in [1.82, 2.24) is 4.90 Å². The Morgan fingerprint density at radius 3 is 2.00 bits per heavy atom. The number of likely N-dealkylation sites (tertiary alicyclic amines) is 1. The average Bonchev–Trinajstić information content (AvgIpc) is 2.70. The first kappa shape index (κ1) is 13.2. The molecule has 1 aliphatic heterocycles. The summed E-state index contributed by atoms with van der Waals surface area (Å²) in [5.74, 6) is -2.98. The fourth-order valence-electron chi connectivity index (χ4n) is 2.96. The van der Waals surface area contributed by atoms with Crippen LogP contribution in [0.15, 0.2) is 12.2 Å². The van der Waals surface area contributed by atoms with Crippen molar-refractivity contribution in [3.63, 3.8) is 0 Å². The van der Waals surface area contributed by atoms with Gasteiger partial charge in [-0.3, -0.25) is 4.79 Å². The topological polar surface area (TPSA) is 20.3 Å². The largest absolute Gasteiger partial charge is 0.421 e. The van der Waals surface area contributed by atoms with E-state index in [1.165, 1.54) is 6.08 Å². The maximum atomic E-state index is 13.0. The van der Waals surface area contributed by atoms with Crippen LogP contribution in [0.1, 0.15) is 13.3 Å². The molecule has 2 aliphatic rings. The maximum Gasteiger partial charge on any atom is 0.421 e. The van der Waals surface area contributed by atoms with E-state index in [0.29, 0.717) is 0 Å². The second-order valence-electron chi connectivity index (χ2n) is 4.45. The predicted octanol–water partition coefficient (Wildman–Crippen LogP) is 2.66. The Morgan fingerprint density at radius 2 is 1.67 bits per heavy atom. The number of carbonyl (C=O) groups is 1. The van der Waals surface area contributed by atoms with Crippen molar-refractivity contribution in [2.75, 3.05) is 0 Å². The predicted molar refractivity (Wildman–Crippen MR) is 48.4 cm³/mol. The summed E-state index contributed by atoms with van der Waals surface area (Å²) in [6.07, 6.45) is -9.31. The van der Waals surface area contributed by atoms with Gasteiger partial charge in [-0.05, 0) is 6.42 Å². The summed E-state index contributed by atoms with van der Waals surface area (Å²) in [6.45, 7) is 0.723. The van der Waals surface area contributed by atoms with Gasteiger partial charge in [0, 0.05) is 12.8 Å². The molecule has 1 heterocycles. The van der Waals surface area contributed by atoms with Crippen LogP contribution in [0.4, 0.5) is 26.3 Å². The van der Waals surface area contributed by atoms with Crippen LogP contribution < -0.4 is 0 Å². The zero-order chi connectivity index (χ0) is 13.9. The molecule has 0 N–H and O–H groups in total. The van der Waals surface area contributed by atoms with Crippen LogP contribution in [0, 0.1) is 5.92 Å². The quantitative estimate of drug-likeness (QED) is 0.491. The molecule has 18 heavy (non-hydrogen) atoms. The molecule has 1 fully saturated rings. The highest BCUT2D eigenvalue weighted by molar-refractivity contribution is 5.76. The van der Waals surface area contributed by atoms with Gasteiger partial charge in [0.05, 0.1) is 6.04 Å². The van der Waals surface area contributed by atoms with Crippen molar-refractivity contribution >= 4 is 5.91 Å². The Kier molecular flexibility index (Phi) is 2.51. The molecule has 0 aromatic carbocycles. The lowest BCUT2D eigenvalue weighted by molar-refractivity contribution is -0.338. The lowest BCUT2D eigenvalue weighted by atomic mass is 9.83. The van der Waals surface area contributed by atoms with E-state index in [-0.39, 0.29) is 11.3 Å². The first-order chi connectivity index (χ1) is 8.03. The van der Waals surface area contributed by atoms with E-state index < -0.39 is 35.8 Å². The van der Waals surface area contributed by atoms with Crippen molar-refractivity contribution in [1.29, 1.82) is 0 Å². The van der Waals surface area contributed by atoms with Gasteiger partial charge in [-0.15, -0.1) is 0 Å². The third-order valence-electron chi connectivity index (χ3n) is 3.51. The number of halogens is 6. The van der Waals surface area contributed by atoms with Gasteiger partial charge in [-0.1, -0.05) is 12.2 Å². The van der Waals surface area contributed by atoms with Crippen LogP contribution >= 0.6 is 0 Å². The highest BCUT2D eigenvalue weighted by atomic mass is 19.4. The number of rotatable bonds is 0. The molecule has 2 bridgehead atoms. The molecular weight excluding hydrogens is 264 g/mol. The van der Waals surface area contributed by atoms with E-state index in [2.05, 4.69) is 0 Å². The third-order valence-corrected chi connectivity index (χ3v) is 3.51. The minimum absolute atomic E-state index is 0.0718. The molecule has 8 heteroatoms. The molecule has 0 unspecified atom stereocenters. The first-order valence-corrected chi connectivity index (χ1v) is 5.15. The molecule has 0 aromatic heterocycles. The molecule has 2 rings (SSSR count). The molecule has 0 saturated carbocycles. The SMILES string of the molecule is CC(=O)N1[C@@H]2C=C[C@H](C2)C1(C(F)(F)F)C(F)(F)F. The Bertz CT molecular complexity index is 396. The van der Waals surface area contributed by atoms with Crippen LogP contribution in [0.5, 0.6) is 0 Å². The zero-order valence-corrected chi connectivity index (χ0v) is 9.14. The normalized spacial score (nSPS) is 30.1.